The SMILES string of the molecule is CCCC1CCN(CC2CNCCO2)CC1. The van der Waals surface area contributed by atoms with Crippen LogP contribution in [0.1, 0.15) is 32.6 Å². The molecule has 1 unspecified atom stereocenters. The minimum Gasteiger partial charge on any atom is -0.374 e. The molecule has 2 aliphatic rings. The Balaban J connectivity index is 1.64. The Morgan fingerprint density at radius 3 is 2.75 bits per heavy atom. The highest BCUT2D eigenvalue weighted by Crippen LogP contribution is 2.21. The van der Waals surface area contributed by atoms with Crippen molar-refractivity contribution >= 4 is 0 Å². The Kier molecular flexibility index (Phi) is 5.07. The summed E-state index contributed by atoms with van der Waals surface area (Å²) in [6.07, 6.45) is 5.99. The van der Waals surface area contributed by atoms with Crippen molar-refractivity contribution in [3.63, 3.8) is 0 Å². The van der Waals surface area contributed by atoms with Crippen LogP contribution in [0.3, 0.4) is 0 Å². The summed E-state index contributed by atoms with van der Waals surface area (Å²) < 4.78 is 5.75. The van der Waals surface area contributed by atoms with Crippen molar-refractivity contribution in [2.75, 3.05) is 39.3 Å². The van der Waals surface area contributed by atoms with E-state index in [9.17, 15) is 0 Å². The summed E-state index contributed by atoms with van der Waals surface area (Å²) in [6, 6.07) is 0. The Bertz CT molecular complexity index is 184. The number of piperidine rings is 1. The maximum Gasteiger partial charge on any atom is 0.0826 e. The summed E-state index contributed by atoms with van der Waals surface area (Å²) in [5.41, 5.74) is 0. The molecular weight excluding hydrogens is 200 g/mol. The van der Waals surface area contributed by atoms with E-state index in [-0.39, 0.29) is 0 Å². The molecule has 0 amide bonds. The van der Waals surface area contributed by atoms with Crippen LogP contribution in [0.4, 0.5) is 0 Å². The van der Waals surface area contributed by atoms with E-state index in [1.165, 1.54) is 38.8 Å². The second kappa shape index (κ2) is 6.58. The molecule has 0 bridgehead atoms. The molecule has 0 aromatic rings. The van der Waals surface area contributed by atoms with Crippen LogP contribution >= 0.6 is 0 Å². The Morgan fingerprint density at radius 2 is 2.12 bits per heavy atom. The fraction of sp³-hybridized carbons (Fsp3) is 1.00. The summed E-state index contributed by atoms with van der Waals surface area (Å²) in [4.78, 5) is 2.59. The quantitative estimate of drug-likeness (QED) is 0.786. The molecule has 16 heavy (non-hydrogen) atoms. The third kappa shape index (κ3) is 3.72. The van der Waals surface area contributed by atoms with E-state index in [0.717, 1.165) is 32.2 Å². The molecule has 2 saturated heterocycles. The highest BCUT2D eigenvalue weighted by molar-refractivity contribution is 4.77. The lowest BCUT2D eigenvalue weighted by molar-refractivity contribution is -0.000896. The molecule has 1 atom stereocenters. The molecule has 2 heterocycles. The maximum atomic E-state index is 5.75. The van der Waals surface area contributed by atoms with Gasteiger partial charge in [0.25, 0.3) is 0 Å². The van der Waals surface area contributed by atoms with E-state index in [2.05, 4.69) is 17.1 Å². The predicted molar refractivity (Wildman–Crippen MR) is 66.7 cm³/mol. The fourth-order valence-electron chi connectivity index (χ4n) is 2.89. The average molecular weight is 226 g/mol. The predicted octanol–water partition coefficient (Wildman–Crippen LogP) is 1.49. The van der Waals surface area contributed by atoms with Gasteiger partial charge in [-0.3, -0.25) is 0 Å². The Labute approximate surface area is 99.5 Å². The number of rotatable bonds is 4. The van der Waals surface area contributed by atoms with Crippen molar-refractivity contribution in [3.05, 3.63) is 0 Å². The summed E-state index contributed by atoms with van der Waals surface area (Å²) in [6.45, 7) is 8.94. The molecular formula is C13H26N2O. The van der Waals surface area contributed by atoms with Gasteiger partial charge in [0.15, 0.2) is 0 Å². The van der Waals surface area contributed by atoms with E-state index >= 15 is 0 Å². The molecule has 0 spiro atoms. The van der Waals surface area contributed by atoms with E-state index in [4.69, 9.17) is 4.74 Å². The summed E-state index contributed by atoms with van der Waals surface area (Å²) in [5, 5.41) is 3.40. The first-order valence-corrected chi connectivity index (χ1v) is 6.93. The van der Waals surface area contributed by atoms with Crippen molar-refractivity contribution in [1.29, 1.82) is 0 Å². The number of nitrogens with one attached hydrogen (secondary N) is 1. The topological polar surface area (TPSA) is 24.5 Å². The second-order valence-corrected chi connectivity index (χ2v) is 5.23. The van der Waals surface area contributed by atoms with Crippen LogP contribution in [0, 0.1) is 5.92 Å². The number of hydrogen-bond donors (Lipinski definition) is 1. The summed E-state index contributed by atoms with van der Waals surface area (Å²) >= 11 is 0. The number of nitrogens with zero attached hydrogens (tertiary/aromatic N) is 1. The van der Waals surface area contributed by atoms with E-state index in [0.29, 0.717) is 6.10 Å². The summed E-state index contributed by atoms with van der Waals surface area (Å²) in [7, 11) is 0. The van der Waals surface area contributed by atoms with Gasteiger partial charge in [0.1, 0.15) is 0 Å². The van der Waals surface area contributed by atoms with Gasteiger partial charge in [0.2, 0.25) is 0 Å². The van der Waals surface area contributed by atoms with Crippen molar-refractivity contribution in [2.45, 2.75) is 38.7 Å². The first kappa shape index (κ1) is 12.3. The van der Waals surface area contributed by atoms with E-state index in [1.54, 1.807) is 0 Å². The number of morpholine rings is 1. The molecule has 2 fully saturated rings. The molecule has 2 aliphatic heterocycles. The van der Waals surface area contributed by atoms with Crippen molar-refractivity contribution in [2.24, 2.45) is 5.92 Å². The lowest BCUT2D eigenvalue weighted by Gasteiger charge is -2.35. The molecule has 0 radical (unpaired) electrons. The van der Waals surface area contributed by atoms with Crippen LogP contribution in [-0.4, -0.2) is 50.3 Å². The third-order valence-corrected chi connectivity index (χ3v) is 3.87. The Morgan fingerprint density at radius 1 is 1.31 bits per heavy atom. The fourth-order valence-corrected chi connectivity index (χ4v) is 2.89. The first-order chi connectivity index (χ1) is 7.88. The monoisotopic (exact) mass is 226 g/mol. The Hall–Kier alpha value is -0.120. The van der Waals surface area contributed by atoms with Gasteiger partial charge in [-0.25, -0.2) is 0 Å². The van der Waals surface area contributed by atoms with Gasteiger partial charge in [-0.1, -0.05) is 19.8 Å². The molecule has 1 N–H and O–H groups in total. The summed E-state index contributed by atoms with van der Waals surface area (Å²) in [5.74, 6) is 0.992. The van der Waals surface area contributed by atoms with Gasteiger partial charge >= 0.3 is 0 Å². The van der Waals surface area contributed by atoms with Crippen LogP contribution in [0.5, 0.6) is 0 Å². The standard InChI is InChI=1S/C13H26N2O/c1-2-3-12-4-7-15(8-5-12)11-13-10-14-6-9-16-13/h12-14H,2-11H2,1H3. The van der Waals surface area contributed by atoms with Crippen molar-refractivity contribution in [3.8, 4) is 0 Å². The van der Waals surface area contributed by atoms with E-state index < -0.39 is 0 Å². The van der Waals surface area contributed by atoms with E-state index in [1.807, 2.05) is 0 Å². The second-order valence-electron chi connectivity index (χ2n) is 5.23. The van der Waals surface area contributed by atoms with Gasteiger partial charge in [-0.15, -0.1) is 0 Å². The minimum absolute atomic E-state index is 0.427. The van der Waals surface area contributed by atoms with Gasteiger partial charge in [0.05, 0.1) is 12.7 Å². The van der Waals surface area contributed by atoms with Crippen molar-refractivity contribution < 1.29 is 4.74 Å². The zero-order valence-corrected chi connectivity index (χ0v) is 10.6. The highest BCUT2D eigenvalue weighted by atomic mass is 16.5. The lowest BCUT2D eigenvalue weighted by atomic mass is 9.92. The largest absolute Gasteiger partial charge is 0.374 e. The van der Waals surface area contributed by atoms with Crippen LogP contribution in [0.25, 0.3) is 0 Å². The first-order valence-electron chi connectivity index (χ1n) is 6.93. The van der Waals surface area contributed by atoms with Gasteiger partial charge in [-0.2, -0.15) is 0 Å². The molecule has 94 valence electrons. The van der Waals surface area contributed by atoms with Gasteiger partial charge in [-0.05, 0) is 31.8 Å². The van der Waals surface area contributed by atoms with Crippen LogP contribution in [-0.2, 0) is 4.74 Å². The van der Waals surface area contributed by atoms with Gasteiger partial charge < -0.3 is 15.0 Å². The molecule has 0 aromatic heterocycles. The molecule has 3 nitrogen and oxygen atoms in total. The minimum atomic E-state index is 0.427. The van der Waals surface area contributed by atoms with Crippen LogP contribution < -0.4 is 5.32 Å². The maximum absolute atomic E-state index is 5.75. The molecule has 2 rings (SSSR count). The molecule has 0 saturated carbocycles. The third-order valence-electron chi connectivity index (χ3n) is 3.87. The lowest BCUT2D eigenvalue weighted by Crippen LogP contribution is -2.47. The normalized spacial score (nSPS) is 29.4. The smallest absolute Gasteiger partial charge is 0.0826 e. The zero-order chi connectivity index (χ0) is 11.2. The average Bonchev–Trinajstić information content (AvgIpc) is 2.33. The van der Waals surface area contributed by atoms with Crippen LogP contribution in [0.15, 0.2) is 0 Å². The highest BCUT2D eigenvalue weighted by Gasteiger charge is 2.22. The van der Waals surface area contributed by atoms with Gasteiger partial charge in [0, 0.05) is 19.6 Å². The zero-order valence-electron chi connectivity index (χ0n) is 10.6. The van der Waals surface area contributed by atoms with Crippen molar-refractivity contribution in [1.82, 2.24) is 10.2 Å². The number of likely N-dealkylation sites (tertiary alicyclic amines) is 1. The molecule has 3 heteroatoms. The molecule has 0 aliphatic carbocycles. The number of hydrogen-bond acceptors (Lipinski definition) is 3. The van der Waals surface area contributed by atoms with Crippen LogP contribution in [0.2, 0.25) is 0 Å². The molecule has 0 aromatic carbocycles. The number of ether oxygens (including phenoxy) is 1.